The van der Waals surface area contributed by atoms with Gasteiger partial charge in [-0.1, -0.05) is 18.2 Å². The van der Waals surface area contributed by atoms with Crippen LogP contribution in [0.3, 0.4) is 0 Å². The average molecular weight is 285 g/mol. The molecule has 1 fully saturated rings. The van der Waals surface area contributed by atoms with Gasteiger partial charge in [-0.05, 0) is 50.5 Å². The number of amides is 1. The molecule has 2 heterocycles. The summed E-state index contributed by atoms with van der Waals surface area (Å²) < 4.78 is 2.04. The molecule has 0 radical (unpaired) electrons. The number of likely N-dealkylation sites (tertiary alicyclic amines) is 1. The zero-order valence-electron chi connectivity index (χ0n) is 12.8. The number of likely N-dealkylation sites (N-methyl/N-ethyl adjacent to an activating group) is 1. The fourth-order valence-electron chi connectivity index (χ4n) is 3.12. The number of piperidine rings is 1. The van der Waals surface area contributed by atoms with Gasteiger partial charge in [0.25, 0.3) is 0 Å². The number of hydrogen-bond acceptors (Lipinski definition) is 2. The van der Waals surface area contributed by atoms with E-state index in [1.54, 1.807) is 0 Å². The van der Waals surface area contributed by atoms with E-state index in [0.717, 1.165) is 31.4 Å². The van der Waals surface area contributed by atoms with Gasteiger partial charge in [-0.15, -0.1) is 0 Å². The van der Waals surface area contributed by atoms with Crippen molar-refractivity contribution in [3.05, 3.63) is 36.5 Å². The monoisotopic (exact) mass is 285 g/mol. The maximum atomic E-state index is 12.5. The smallest absolute Gasteiger partial charge is 0.242 e. The first-order chi connectivity index (χ1) is 10.1. The van der Waals surface area contributed by atoms with Gasteiger partial charge in [-0.3, -0.25) is 4.79 Å². The maximum Gasteiger partial charge on any atom is 0.242 e. The van der Waals surface area contributed by atoms with E-state index >= 15 is 0 Å². The number of benzene rings is 1. The van der Waals surface area contributed by atoms with Crippen LogP contribution in [0.1, 0.15) is 12.8 Å². The maximum absolute atomic E-state index is 12.5. The van der Waals surface area contributed by atoms with Crippen molar-refractivity contribution in [2.75, 3.05) is 27.2 Å². The van der Waals surface area contributed by atoms with Crippen LogP contribution < -0.4 is 0 Å². The number of para-hydroxylation sites is 1. The lowest BCUT2D eigenvalue weighted by molar-refractivity contribution is -0.133. The molecule has 21 heavy (non-hydrogen) atoms. The average Bonchev–Trinajstić information content (AvgIpc) is 2.91. The minimum atomic E-state index is 0.200. The predicted octanol–water partition coefficient (Wildman–Crippen LogP) is 2.19. The van der Waals surface area contributed by atoms with Crippen molar-refractivity contribution in [2.24, 2.45) is 0 Å². The van der Waals surface area contributed by atoms with Crippen LogP contribution in [0.4, 0.5) is 0 Å². The van der Waals surface area contributed by atoms with Gasteiger partial charge in [0, 0.05) is 24.8 Å². The minimum Gasteiger partial charge on any atom is -0.341 e. The van der Waals surface area contributed by atoms with Crippen molar-refractivity contribution in [3.8, 4) is 0 Å². The Bertz CT molecular complexity index is 626. The van der Waals surface area contributed by atoms with Gasteiger partial charge in [-0.25, -0.2) is 0 Å². The van der Waals surface area contributed by atoms with E-state index in [1.165, 1.54) is 5.39 Å². The molecular weight excluding hydrogens is 262 g/mol. The number of aromatic nitrogens is 1. The number of nitrogens with zero attached hydrogens (tertiary/aromatic N) is 3. The molecule has 1 aliphatic rings. The molecule has 0 unspecified atom stereocenters. The molecule has 0 spiro atoms. The molecule has 3 rings (SSSR count). The normalized spacial score (nSPS) is 17.2. The third-order valence-electron chi connectivity index (χ3n) is 4.62. The van der Waals surface area contributed by atoms with Gasteiger partial charge >= 0.3 is 0 Å². The number of hydrogen-bond donors (Lipinski definition) is 0. The van der Waals surface area contributed by atoms with Crippen LogP contribution >= 0.6 is 0 Å². The van der Waals surface area contributed by atoms with Gasteiger partial charge < -0.3 is 14.4 Å². The molecule has 0 N–H and O–H groups in total. The van der Waals surface area contributed by atoms with Crippen LogP contribution in [0, 0.1) is 0 Å². The van der Waals surface area contributed by atoms with E-state index in [0.29, 0.717) is 12.6 Å². The molecule has 1 saturated heterocycles. The van der Waals surface area contributed by atoms with Crippen LogP contribution in [-0.2, 0) is 11.3 Å². The molecule has 1 aromatic carbocycles. The second-order valence-electron chi connectivity index (χ2n) is 6.04. The summed E-state index contributed by atoms with van der Waals surface area (Å²) in [6, 6.07) is 10.6. The molecule has 112 valence electrons. The van der Waals surface area contributed by atoms with Crippen molar-refractivity contribution >= 4 is 16.8 Å². The fraction of sp³-hybridized carbons (Fsp3) is 0.471. The van der Waals surface area contributed by atoms with Gasteiger partial charge in [0.15, 0.2) is 0 Å². The topological polar surface area (TPSA) is 28.5 Å². The summed E-state index contributed by atoms with van der Waals surface area (Å²) in [5.74, 6) is 0.200. The molecule has 1 aromatic heterocycles. The van der Waals surface area contributed by atoms with Crippen LogP contribution in [0.25, 0.3) is 10.9 Å². The van der Waals surface area contributed by atoms with Crippen LogP contribution in [0.5, 0.6) is 0 Å². The van der Waals surface area contributed by atoms with E-state index in [-0.39, 0.29) is 5.91 Å². The second-order valence-corrected chi connectivity index (χ2v) is 6.04. The zero-order valence-corrected chi connectivity index (χ0v) is 12.8. The highest BCUT2D eigenvalue weighted by Gasteiger charge is 2.24. The summed E-state index contributed by atoms with van der Waals surface area (Å²) in [6.07, 6.45) is 4.15. The molecule has 0 aliphatic carbocycles. The SMILES string of the molecule is CN1CCC(N(C)C(=O)Cn2ccc3ccccc32)CC1. The first-order valence-corrected chi connectivity index (χ1v) is 7.63. The molecule has 0 bridgehead atoms. The largest absolute Gasteiger partial charge is 0.341 e. The Morgan fingerprint density at radius 2 is 1.95 bits per heavy atom. The quantitative estimate of drug-likeness (QED) is 0.865. The first kappa shape index (κ1) is 14.1. The molecule has 0 saturated carbocycles. The lowest BCUT2D eigenvalue weighted by Gasteiger charge is -2.35. The highest BCUT2D eigenvalue weighted by molar-refractivity contribution is 5.83. The Kier molecular flexibility index (Phi) is 3.97. The van der Waals surface area contributed by atoms with Crippen molar-refractivity contribution in [1.82, 2.24) is 14.4 Å². The van der Waals surface area contributed by atoms with E-state index in [2.05, 4.69) is 30.1 Å². The summed E-state index contributed by atoms with van der Waals surface area (Å²) in [5, 5.41) is 1.19. The molecule has 4 nitrogen and oxygen atoms in total. The molecule has 1 aliphatic heterocycles. The van der Waals surface area contributed by atoms with Crippen molar-refractivity contribution in [3.63, 3.8) is 0 Å². The third kappa shape index (κ3) is 2.95. The molecular formula is C17H23N3O. The number of carbonyl (C=O) groups excluding carboxylic acids is 1. The van der Waals surface area contributed by atoms with Crippen LogP contribution in [0.15, 0.2) is 36.5 Å². The first-order valence-electron chi connectivity index (χ1n) is 7.63. The van der Waals surface area contributed by atoms with E-state index < -0.39 is 0 Å². The highest BCUT2D eigenvalue weighted by Crippen LogP contribution is 2.17. The van der Waals surface area contributed by atoms with Crippen molar-refractivity contribution in [2.45, 2.75) is 25.4 Å². The fourth-order valence-corrected chi connectivity index (χ4v) is 3.12. The summed E-state index contributed by atoms with van der Waals surface area (Å²) >= 11 is 0. The Hall–Kier alpha value is -1.81. The van der Waals surface area contributed by atoms with Gasteiger partial charge in [-0.2, -0.15) is 0 Å². The van der Waals surface area contributed by atoms with Crippen molar-refractivity contribution in [1.29, 1.82) is 0 Å². The third-order valence-corrected chi connectivity index (χ3v) is 4.62. The molecule has 2 aromatic rings. The van der Waals surface area contributed by atoms with E-state index in [1.807, 2.05) is 34.8 Å². The lowest BCUT2D eigenvalue weighted by atomic mass is 10.0. The van der Waals surface area contributed by atoms with Crippen molar-refractivity contribution < 1.29 is 4.79 Å². The predicted molar refractivity (Wildman–Crippen MR) is 85.2 cm³/mol. The van der Waals surface area contributed by atoms with Crippen LogP contribution in [0.2, 0.25) is 0 Å². The number of carbonyl (C=O) groups is 1. The second kappa shape index (κ2) is 5.90. The molecule has 4 heteroatoms. The lowest BCUT2D eigenvalue weighted by Crippen LogP contribution is -2.45. The number of fused-ring (bicyclic) bond motifs is 1. The van der Waals surface area contributed by atoms with E-state index in [9.17, 15) is 4.79 Å². The van der Waals surface area contributed by atoms with Gasteiger partial charge in [0.2, 0.25) is 5.91 Å². The summed E-state index contributed by atoms with van der Waals surface area (Å²) in [7, 11) is 4.09. The number of rotatable bonds is 3. The molecule has 0 atom stereocenters. The summed E-state index contributed by atoms with van der Waals surface area (Å²) in [4.78, 5) is 16.8. The van der Waals surface area contributed by atoms with E-state index in [4.69, 9.17) is 0 Å². The standard InChI is InChI=1S/C17H23N3O/c1-18-10-8-15(9-11-18)19(2)17(21)13-20-12-7-14-5-3-4-6-16(14)20/h3-7,12,15H,8-11,13H2,1-2H3. The van der Waals surface area contributed by atoms with Gasteiger partial charge in [0.1, 0.15) is 6.54 Å². The zero-order chi connectivity index (χ0) is 14.8. The van der Waals surface area contributed by atoms with Crippen LogP contribution in [-0.4, -0.2) is 53.5 Å². The summed E-state index contributed by atoms with van der Waals surface area (Å²) in [6.45, 7) is 2.58. The van der Waals surface area contributed by atoms with Gasteiger partial charge in [0.05, 0.1) is 0 Å². The Labute approximate surface area is 125 Å². The Morgan fingerprint density at radius 1 is 1.24 bits per heavy atom. The Morgan fingerprint density at radius 3 is 2.71 bits per heavy atom. The Balaban J connectivity index is 1.68. The minimum absolute atomic E-state index is 0.200. The molecule has 1 amide bonds. The highest BCUT2D eigenvalue weighted by atomic mass is 16.2. The summed E-state index contributed by atoms with van der Waals surface area (Å²) in [5.41, 5.74) is 1.13.